The number of nitrogens with zero attached hydrogens (tertiary/aromatic N) is 4. The van der Waals surface area contributed by atoms with E-state index in [2.05, 4.69) is 9.90 Å². The molecule has 80 valence electrons. The van der Waals surface area contributed by atoms with E-state index in [1.54, 1.807) is 0 Å². The van der Waals surface area contributed by atoms with Gasteiger partial charge < -0.3 is 0 Å². The van der Waals surface area contributed by atoms with Gasteiger partial charge in [0.2, 0.25) is 0 Å². The number of rotatable bonds is 4. The van der Waals surface area contributed by atoms with Crippen LogP contribution in [0, 0.1) is 0 Å². The molecule has 0 aliphatic rings. The average Bonchev–Trinajstić information content (AvgIpc) is 1.97. The minimum atomic E-state index is -2.06. The zero-order valence-corrected chi connectivity index (χ0v) is 9.99. The SMILES string of the molecule is CN(C)P(=NOO)(N(C)C)N(C)C. The molecule has 0 radical (unpaired) electrons. The van der Waals surface area contributed by atoms with Crippen LogP contribution in [0.15, 0.2) is 4.91 Å². The topological polar surface area (TPSA) is 51.5 Å². The fraction of sp³-hybridized carbons (Fsp3) is 1.00. The highest BCUT2D eigenvalue weighted by molar-refractivity contribution is 7.58. The van der Waals surface area contributed by atoms with Gasteiger partial charge in [0.05, 0.1) is 0 Å². The Hall–Kier alpha value is 0.0300. The molecule has 7 heteroatoms. The second-order valence-electron chi connectivity index (χ2n) is 3.24. The molecule has 0 aliphatic heterocycles. The maximum absolute atomic E-state index is 8.43. The van der Waals surface area contributed by atoms with Crippen LogP contribution < -0.4 is 0 Å². The second-order valence-corrected chi connectivity index (χ2v) is 6.88. The van der Waals surface area contributed by atoms with Crippen LogP contribution in [0.1, 0.15) is 0 Å². The molecule has 0 aliphatic carbocycles. The van der Waals surface area contributed by atoms with Crippen molar-refractivity contribution in [1.82, 2.24) is 14.0 Å². The third-order valence-corrected chi connectivity index (χ3v) is 5.27. The van der Waals surface area contributed by atoms with E-state index in [4.69, 9.17) is 5.26 Å². The standard InChI is InChI=1S/C6H19N4O2P/c1-8(2)13(7-12-11,9(3)4)10(5)6/h11H,1-6H3. The Balaban J connectivity index is 5.20. The average molecular weight is 210 g/mol. The zero-order valence-electron chi connectivity index (χ0n) is 9.09. The monoisotopic (exact) mass is 210 g/mol. The van der Waals surface area contributed by atoms with E-state index in [0.717, 1.165) is 0 Å². The Morgan fingerprint density at radius 2 is 1.23 bits per heavy atom. The lowest BCUT2D eigenvalue weighted by atomic mass is 11.2. The summed E-state index contributed by atoms with van der Waals surface area (Å²) in [5.41, 5.74) is 0. The molecule has 0 aromatic carbocycles. The highest BCUT2D eigenvalue weighted by Gasteiger charge is 2.29. The minimum absolute atomic E-state index is 1.90. The molecule has 0 aromatic heterocycles. The van der Waals surface area contributed by atoms with Crippen molar-refractivity contribution >= 4 is 7.51 Å². The van der Waals surface area contributed by atoms with Crippen LogP contribution in [-0.2, 0) is 4.99 Å². The lowest BCUT2D eigenvalue weighted by Gasteiger charge is -2.39. The van der Waals surface area contributed by atoms with E-state index in [-0.39, 0.29) is 0 Å². The molecule has 0 heterocycles. The molecule has 0 aromatic rings. The molecule has 0 atom stereocenters. The Labute approximate surface area is 79.8 Å². The lowest BCUT2D eigenvalue weighted by molar-refractivity contribution is -0.242. The Bertz CT molecular complexity index is 176. The highest BCUT2D eigenvalue weighted by atomic mass is 31.2. The predicted octanol–water partition coefficient (Wildman–Crippen LogP) is 1.02. The molecule has 6 nitrogen and oxygen atoms in total. The van der Waals surface area contributed by atoms with Crippen molar-refractivity contribution in [3.8, 4) is 0 Å². The zero-order chi connectivity index (χ0) is 10.6. The van der Waals surface area contributed by atoms with E-state index >= 15 is 0 Å². The predicted molar refractivity (Wildman–Crippen MR) is 54.1 cm³/mol. The molecule has 0 fully saturated rings. The van der Waals surface area contributed by atoms with Gasteiger partial charge >= 0.3 is 0 Å². The first-order valence-electron chi connectivity index (χ1n) is 3.85. The van der Waals surface area contributed by atoms with Crippen molar-refractivity contribution < 1.29 is 10.2 Å². The van der Waals surface area contributed by atoms with Gasteiger partial charge in [0.25, 0.3) is 0 Å². The van der Waals surface area contributed by atoms with Crippen molar-refractivity contribution in [1.29, 1.82) is 0 Å². The summed E-state index contributed by atoms with van der Waals surface area (Å²) >= 11 is 0. The molecule has 0 rings (SSSR count). The normalized spacial score (nSPS) is 13.1. The minimum Gasteiger partial charge on any atom is -0.250 e. The van der Waals surface area contributed by atoms with Gasteiger partial charge in [-0.1, -0.05) is 9.90 Å². The number of hydrogen-bond acceptors (Lipinski definition) is 3. The summed E-state index contributed by atoms with van der Waals surface area (Å²) in [7, 11) is 9.34. The van der Waals surface area contributed by atoms with Crippen LogP contribution in [0.2, 0.25) is 0 Å². The molecule has 0 unspecified atom stereocenters. The van der Waals surface area contributed by atoms with Gasteiger partial charge in [-0.3, -0.25) is 14.0 Å². The summed E-state index contributed by atoms with van der Waals surface area (Å²) in [6.45, 7) is 0. The van der Waals surface area contributed by atoms with Crippen molar-refractivity contribution in [3.63, 3.8) is 0 Å². The maximum atomic E-state index is 8.43. The molecular formula is C6H19N4O2P. The molecule has 1 N–H and O–H groups in total. The van der Waals surface area contributed by atoms with Gasteiger partial charge in [-0.25, -0.2) is 5.26 Å². The molecule has 0 amide bonds. The van der Waals surface area contributed by atoms with Gasteiger partial charge in [0.1, 0.15) is 0 Å². The largest absolute Gasteiger partial charge is 0.250 e. The summed E-state index contributed by atoms with van der Waals surface area (Å²) in [6.07, 6.45) is 0. The van der Waals surface area contributed by atoms with Gasteiger partial charge in [-0.2, -0.15) is 0 Å². The Morgan fingerprint density at radius 3 is 1.31 bits per heavy atom. The van der Waals surface area contributed by atoms with Crippen molar-refractivity contribution in [2.75, 3.05) is 42.3 Å². The van der Waals surface area contributed by atoms with E-state index < -0.39 is 7.51 Å². The van der Waals surface area contributed by atoms with E-state index in [0.29, 0.717) is 0 Å². The quantitative estimate of drug-likeness (QED) is 0.426. The van der Waals surface area contributed by atoms with Crippen LogP contribution in [0.4, 0.5) is 0 Å². The third kappa shape index (κ3) is 2.49. The van der Waals surface area contributed by atoms with Gasteiger partial charge in [0.15, 0.2) is 7.51 Å². The van der Waals surface area contributed by atoms with Crippen LogP contribution >= 0.6 is 7.51 Å². The lowest BCUT2D eigenvalue weighted by Crippen LogP contribution is -2.30. The summed E-state index contributed by atoms with van der Waals surface area (Å²) in [6, 6.07) is 0. The van der Waals surface area contributed by atoms with Crippen LogP contribution in [0.5, 0.6) is 0 Å². The van der Waals surface area contributed by atoms with Crippen LogP contribution in [0.25, 0.3) is 0 Å². The van der Waals surface area contributed by atoms with E-state index in [9.17, 15) is 0 Å². The molecule has 0 bridgehead atoms. The first-order chi connectivity index (χ1) is 5.89. The van der Waals surface area contributed by atoms with E-state index in [1.807, 2.05) is 56.3 Å². The molecular weight excluding hydrogens is 191 g/mol. The van der Waals surface area contributed by atoms with Crippen molar-refractivity contribution in [2.45, 2.75) is 0 Å². The van der Waals surface area contributed by atoms with Crippen LogP contribution in [-0.4, -0.2) is 61.6 Å². The molecule has 0 saturated heterocycles. The summed E-state index contributed by atoms with van der Waals surface area (Å²) < 4.78 is 5.80. The fourth-order valence-corrected chi connectivity index (χ4v) is 4.02. The fourth-order valence-electron chi connectivity index (χ4n) is 1.34. The summed E-state index contributed by atoms with van der Waals surface area (Å²) in [4.78, 5) is 7.74. The van der Waals surface area contributed by atoms with Gasteiger partial charge in [-0.15, -0.1) is 0 Å². The smallest absolute Gasteiger partial charge is 0.200 e. The van der Waals surface area contributed by atoms with Gasteiger partial charge in [-0.05, 0) is 42.3 Å². The second kappa shape index (κ2) is 5.05. The Kier molecular flexibility index (Phi) is 5.06. The van der Waals surface area contributed by atoms with E-state index in [1.165, 1.54) is 0 Å². The van der Waals surface area contributed by atoms with Crippen molar-refractivity contribution in [3.05, 3.63) is 0 Å². The summed E-state index contributed by atoms with van der Waals surface area (Å²) in [5.74, 6) is 0. The van der Waals surface area contributed by atoms with Crippen LogP contribution in [0.3, 0.4) is 0 Å². The van der Waals surface area contributed by atoms with Crippen molar-refractivity contribution in [2.24, 2.45) is 4.91 Å². The molecule has 13 heavy (non-hydrogen) atoms. The third-order valence-electron chi connectivity index (χ3n) is 1.76. The summed E-state index contributed by atoms with van der Waals surface area (Å²) in [5, 5.41) is 8.43. The molecule has 0 saturated carbocycles. The highest BCUT2D eigenvalue weighted by Crippen LogP contribution is 2.54. The maximum Gasteiger partial charge on any atom is 0.200 e. The number of hydrogen-bond donors (Lipinski definition) is 1. The van der Waals surface area contributed by atoms with Gasteiger partial charge in [0, 0.05) is 0 Å². The first-order valence-corrected chi connectivity index (χ1v) is 5.45. The Morgan fingerprint density at radius 1 is 0.923 bits per heavy atom. The first kappa shape index (κ1) is 13.0. The molecule has 0 spiro atoms.